The maximum atomic E-state index is 14.0. The quantitative estimate of drug-likeness (QED) is 0.299. The summed E-state index contributed by atoms with van der Waals surface area (Å²) in [5.74, 6) is -0.116. The van der Waals surface area contributed by atoms with Crippen LogP contribution in [-0.2, 0) is 26.2 Å². The molecular weight excluding hydrogens is 526 g/mol. The molecule has 9 heteroatoms. The van der Waals surface area contributed by atoms with Crippen molar-refractivity contribution in [1.82, 2.24) is 10.2 Å². The number of nitrogens with one attached hydrogen (secondary N) is 1. The fourth-order valence-corrected chi connectivity index (χ4v) is 5.86. The predicted molar refractivity (Wildman–Crippen MR) is 158 cm³/mol. The van der Waals surface area contributed by atoms with Crippen LogP contribution < -0.4 is 14.4 Å². The zero-order valence-electron chi connectivity index (χ0n) is 23.9. The summed E-state index contributed by atoms with van der Waals surface area (Å²) >= 11 is 0. The van der Waals surface area contributed by atoms with Gasteiger partial charge in [0.25, 0.3) is 10.0 Å². The molecule has 0 bridgehead atoms. The third-order valence-electron chi connectivity index (χ3n) is 6.74. The lowest BCUT2D eigenvalue weighted by Gasteiger charge is -2.32. The molecule has 0 radical (unpaired) electrons. The Morgan fingerprint density at radius 1 is 0.975 bits per heavy atom. The van der Waals surface area contributed by atoms with E-state index in [1.54, 1.807) is 50.4 Å². The van der Waals surface area contributed by atoms with Crippen molar-refractivity contribution in [3.05, 3.63) is 89.5 Å². The third kappa shape index (κ3) is 7.63. The summed E-state index contributed by atoms with van der Waals surface area (Å²) in [6.07, 6.45) is 1.74. The summed E-state index contributed by atoms with van der Waals surface area (Å²) < 4.78 is 34.2. The van der Waals surface area contributed by atoms with Crippen LogP contribution in [-0.4, -0.2) is 51.4 Å². The van der Waals surface area contributed by atoms with Gasteiger partial charge in [0.1, 0.15) is 18.3 Å². The number of anilines is 1. The Morgan fingerprint density at radius 2 is 1.65 bits per heavy atom. The molecule has 2 amide bonds. The average molecular weight is 566 g/mol. The van der Waals surface area contributed by atoms with Crippen molar-refractivity contribution < 1.29 is 22.7 Å². The van der Waals surface area contributed by atoms with Gasteiger partial charge in [0.15, 0.2) is 0 Å². The smallest absolute Gasteiger partial charge is 0.264 e. The second-order valence-electron chi connectivity index (χ2n) is 9.80. The topological polar surface area (TPSA) is 96.0 Å². The highest BCUT2D eigenvalue weighted by Crippen LogP contribution is 2.28. The number of ether oxygens (including phenoxy) is 1. The molecule has 1 atom stereocenters. The fourth-order valence-electron chi connectivity index (χ4n) is 4.36. The summed E-state index contributed by atoms with van der Waals surface area (Å²) in [5.41, 5.74) is 2.89. The van der Waals surface area contributed by atoms with Gasteiger partial charge in [0.2, 0.25) is 11.8 Å². The highest BCUT2D eigenvalue weighted by atomic mass is 32.2. The summed E-state index contributed by atoms with van der Waals surface area (Å²) in [4.78, 5) is 28.6. The van der Waals surface area contributed by atoms with Gasteiger partial charge in [0.05, 0.1) is 17.7 Å². The Bertz CT molecular complexity index is 1390. The number of unbranched alkanes of at least 4 members (excludes halogenated alkanes) is 1. The Hall–Kier alpha value is -3.85. The first-order valence-electron chi connectivity index (χ1n) is 13.4. The van der Waals surface area contributed by atoms with Crippen LogP contribution in [0.3, 0.4) is 0 Å². The van der Waals surface area contributed by atoms with Crippen LogP contribution >= 0.6 is 0 Å². The minimum Gasteiger partial charge on any atom is -0.497 e. The zero-order valence-corrected chi connectivity index (χ0v) is 24.7. The molecule has 0 fully saturated rings. The molecule has 40 heavy (non-hydrogen) atoms. The standard InChI is InChI=1S/C31H39N3O5S/c1-6-7-19-32-31(36)25(4)33(21-26-14-16-27(39-5)17-15-26)30(35)22-34(29-18-13-23(2)20-24(29)3)40(37,38)28-11-9-8-10-12-28/h8-18,20,25H,6-7,19,21-22H2,1-5H3,(H,32,36). The van der Waals surface area contributed by atoms with Gasteiger partial charge in [0, 0.05) is 13.1 Å². The number of carbonyl (C=O) groups excluding carboxylic acids is 2. The van der Waals surface area contributed by atoms with Crippen molar-refractivity contribution in [3.63, 3.8) is 0 Å². The second-order valence-corrected chi connectivity index (χ2v) is 11.7. The van der Waals surface area contributed by atoms with Gasteiger partial charge >= 0.3 is 0 Å². The van der Waals surface area contributed by atoms with Crippen LogP contribution in [0.4, 0.5) is 5.69 Å². The van der Waals surface area contributed by atoms with E-state index in [9.17, 15) is 18.0 Å². The van der Waals surface area contributed by atoms with E-state index >= 15 is 0 Å². The summed E-state index contributed by atoms with van der Waals surface area (Å²) in [6.45, 7) is 7.59. The highest BCUT2D eigenvalue weighted by molar-refractivity contribution is 7.92. The number of sulfonamides is 1. The number of hydrogen-bond acceptors (Lipinski definition) is 5. The molecule has 214 valence electrons. The molecule has 3 aromatic carbocycles. The van der Waals surface area contributed by atoms with Crippen molar-refractivity contribution in [1.29, 1.82) is 0 Å². The van der Waals surface area contributed by atoms with E-state index in [0.717, 1.165) is 33.8 Å². The fraction of sp³-hybridized carbons (Fsp3) is 0.355. The van der Waals surface area contributed by atoms with Crippen LogP contribution in [0.15, 0.2) is 77.7 Å². The van der Waals surface area contributed by atoms with Gasteiger partial charge in [-0.2, -0.15) is 0 Å². The van der Waals surface area contributed by atoms with Crippen molar-refractivity contribution in [2.75, 3.05) is 24.5 Å². The molecule has 0 heterocycles. The van der Waals surface area contributed by atoms with Crippen LogP contribution in [0, 0.1) is 13.8 Å². The van der Waals surface area contributed by atoms with E-state index in [2.05, 4.69) is 5.32 Å². The molecule has 0 aliphatic carbocycles. The zero-order chi connectivity index (χ0) is 29.3. The first-order chi connectivity index (χ1) is 19.1. The molecule has 3 rings (SSSR count). The maximum absolute atomic E-state index is 14.0. The number of amides is 2. The van der Waals surface area contributed by atoms with E-state index in [1.165, 1.54) is 17.0 Å². The lowest BCUT2D eigenvalue weighted by molar-refractivity contribution is -0.139. The monoisotopic (exact) mass is 565 g/mol. The number of rotatable bonds is 13. The molecule has 0 aromatic heterocycles. The van der Waals surface area contributed by atoms with E-state index in [4.69, 9.17) is 4.74 Å². The van der Waals surface area contributed by atoms with Gasteiger partial charge in [-0.1, -0.05) is 61.4 Å². The van der Waals surface area contributed by atoms with Crippen molar-refractivity contribution in [2.24, 2.45) is 0 Å². The van der Waals surface area contributed by atoms with Gasteiger partial charge in [-0.3, -0.25) is 13.9 Å². The number of methoxy groups -OCH3 is 1. The second kappa shape index (κ2) is 14.0. The summed E-state index contributed by atoms with van der Waals surface area (Å²) in [5, 5.41) is 2.89. The third-order valence-corrected chi connectivity index (χ3v) is 8.51. The lowest BCUT2D eigenvalue weighted by Crippen LogP contribution is -2.51. The SMILES string of the molecule is CCCCNC(=O)C(C)N(Cc1ccc(OC)cc1)C(=O)CN(c1ccc(C)cc1C)S(=O)(=O)c1ccccc1. The Labute approximate surface area is 238 Å². The van der Waals surface area contributed by atoms with Crippen LogP contribution in [0.2, 0.25) is 0 Å². The van der Waals surface area contributed by atoms with E-state index < -0.39 is 28.5 Å². The van der Waals surface area contributed by atoms with Crippen LogP contribution in [0.25, 0.3) is 0 Å². The molecule has 3 aromatic rings. The van der Waals surface area contributed by atoms with Gasteiger partial charge < -0.3 is 15.0 Å². The van der Waals surface area contributed by atoms with Gasteiger partial charge in [-0.25, -0.2) is 8.42 Å². The number of nitrogens with zero attached hydrogens (tertiary/aromatic N) is 2. The van der Waals surface area contributed by atoms with Gasteiger partial charge in [-0.05, 0) is 68.7 Å². The average Bonchev–Trinajstić information content (AvgIpc) is 2.95. The minimum atomic E-state index is -4.09. The van der Waals surface area contributed by atoms with Crippen molar-refractivity contribution in [2.45, 2.75) is 58.0 Å². The number of aryl methyl sites for hydroxylation is 2. The normalized spacial score (nSPS) is 11.9. The van der Waals surface area contributed by atoms with E-state index in [0.29, 0.717) is 18.0 Å². The van der Waals surface area contributed by atoms with Crippen LogP contribution in [0.1, 0.15) is 43.4 Å². The largest absolute Gasteiger partial charge is 0.497 e. The maximum Gasteiger partial charge on any atom is 0.264 e. The Balaban J connectivity index is 2.01. The predicted octanol–water partition coefficient (Wildman–Crippen LogP) is 4.84. The van der Waals surface area contributed by atoms with Crippen LogP contribution in [0.5, 0.6) is 5.75 Å². The van der Waals surface area contributed by atoms with E-state index in [1.807, 2.05) is 45.0 Å². The molecule has 0 aliphatic rings. The number of benzene rings is 3. The summed E-state index contributed by atoms with van der Waals surface area (Å²) in [7, 11) is -2.52. The molecule has 0 saturated heterocycles. The molecular formula is C31H39N3O5S. The minimum absolute atomic E-state index is 0.0786. The molecule has 1 N–H and O–H groups in total. The lowest BCUT2D eigenvalue weighted by atomic mass is 10.1. The summed E-state index contributed by atoms with van der Waals surface area (Å²) in [6, 6.07) is 19.8. The molecule has 1 unspecified atom stereocenters. The molecule has 8 nitrogen and oxygen atoms in total. The molecule has 0 aliphatic heterocycles. The van der Waals surface area contributed by atoms with Crippen molar-refractivity contribution >= 4 is 27.5 Å². The Kier molecular flexibility index (Phi) is 10.7. The van der Waals surface area contributed by atoms with E-state index in [-0.39, 0.29) is 17.3 Å². The first kappa shape index (κ1) is 30.7. The first-order valence-corrected chi connectivity index (χ1v) is 14.9. The molecule has 0 saturated carbocycles. The highest BCUT2D eigenvalue weighted by Gasteiger charge is 2.33. The Morgan fingerprint density at radius 3 is 2.25 bits per heavy atom. The number of hydrogen-bond donors (Lipinski definition) is 1. The van der Waals surface area contributed by atoms with Gasteiger partial charge in [-0.15, -0.1) is 0 Å². The van der Waals surface area contributed by atoms with Crippen molar-refractivity contribution in [3.8, 4) is 5.75 Å². The molecule has 0 spiro atoms. The number of carbonyl (C=O) groups is 2.